The number of benzene rings is 2. The molecule has 0 bridgehead atoms. The Hall–Kier alpha value is -2.66. The van der Waals surface area contributed by atoms with Crippen LogP contribution in [0, 0.1) is 0 Å². The molecule has 0 spiro atoms. The molecule has 1 unspecified atom stereocenters. The van der Waals surface area contributed by atoms with Gasteiger partial charge in [0.1, 0.15) is 0 Å². The molecule has 2 aromatic rings. The van der Waals surface area contributed by atoms with Crippen LogP contribution in [0.2, 0.25) is 0 Å². The van der Waals surface area contributed by atoms with Crippen molar-refractivity contribution in [3.8, 4) is 0 Å². The first-order chi connectivity index (χ1) is 12.5. The molecule has 0 saturated carbocycles. The third-order valence-corrected chi connectivity index (χ3v) is 4.27. The number of carbonyl (C=O) groups is 2. The van der Waals surface area contributed by atoms with E-state index in [0.717, 1.165) is 12.1 Å². The zero-order valence-corrected chi connectivity index (χ0v) is 15.7. The van der Waals surface area contributed by atoms with Crippen LogP contribution in [0.3, 0.4) is 0 Å². The lowest BCUT2D eigenvalue weighted by Gasteiger charge is -2.21. The molecule has 2 aromatic carbocycles. The summed E-state index contributed by atoms with van der Waals surface area (Å²) in [5.41, 5.74) is 2.14. The molecular formula is C21H27N3O2. The van der Waals surface area contributed by atoms with E-state index in [0.29, 0.717) is 23.8 Å². The normalized spacial score (nSPS) is 11.7. The number of anilines is 2. The van der Waals surface area contributed by atoms with Crippen LogP contribution < -0.4 is 15.5 Å². The average molecular weight is 353 g/mol. The monoisotopic (exact) mass is 353 g/mol. The van der Waals surface area contributed by atoms with E-state index in [1.54, 1.807) is 29.2 Å². The topological polar surface area (TPSA) is 61.4 Å². The van der Waals surface area contributed by atoms with Gasteiger partial charge in [0.25, 0.3) is 5.91 Å². The summed E-state index contributed by atoms with van der Waals surface area (Å²) in [7, 11) is 0. The van der Waals surface area contributed by atoms with Gasteiger partial charge in [-0.05, 0) is 56.7 Å². The van der Waals surface area contributed by atoms with Gasteiger partial charge in [-0.25, -0.2) is 0 Å². The molecule has 0 aliphatic heterocycles. The van der Waals surface area contributed by atoms with Gasteiger partial charge in [-0.15, -0.1) is 0 Å². The lowest BCUT2D eigenvalue weighted by molar-refractivity contribution is -0.115. The Morgan fingerprint density at radius 2 is 1.65 bits per heavy atom. The highest BCUT2D eigenvalue weighted by atomic mass is 16.2. The molecule has 2 rings (SSSR count). The summed E-state index contributed by atoms with van der Waals surface area (Å²) in [6.07, 6.45) is 0.972. The van der Waals surface area contributed by atoms with Crippen LogP contribution in [0.1, 0.15) is 37.6 Å². The summed E-state index contributed by atoms with van der Waals surface area (Å²) < 4.78 is 0. The maximum absolute atomic E-state index is 12.7. The molecule has 0 aliphatic rings. The van der Waals surface area contributed by atoms with Crippen molar-refractivity contribution in [1.82, 2.24) is 5.32 Å². The highest BCUT2D eigenvalue weighted by molar-refractivity contribution is 6.06. The molecule has 138 valence electrons. The predicted molar refractivity (Wildman–Crippen MR) is 107 cm³/mol. The first-order valence-corrected chi connectivity index (χ1v) is 9.05. The first kappa shape index (κ1) is 19.7. The van der Waals surface area contributed by atoms with E-state index in [2.05, 4.69) is 17.6 Å². The number of para-hydroxylation sites is 1. The van der Waals surface area contributed by atoms with Crippen molar-refractivity contribution in [2.45, 2.75) is 33.2 Å². The zero-order valence-electron chi connectivity index (χ0n) is 15.7. The van der Waals surface area contributed by atoms with Gasteiger partial charge in [-0.2, -0.15) is 0 Å². The van der Waals surface area contributed by atoms with Crippen molar-refractivity contribution in [2.75, 3.05) is 23.3 Å². The Morgan fingerprint density at radius 3 is 2.23 bits per heavy atom. The molecule has 2 N–H and O–H groups in total. The molecule has 0 aliphatic carbocycles. The summed E-state index contributed by atoms with van der Waals surface area (Å²) in [6.45, 7) is 6.92. The van der Waals surface area contributed by atoms with Gasteiger partial charge in [0, 0.05) is 29.5 Å². The van der Waals surface area contributed by atoms with Gasteiger partial charge < -0.3 is 15.5 Å². The largest absolute Gasteiger partial charge is 0.325 e. The number of rotatable bonds is 8. The minimum atomic E-state index is -0.0937. The van der Waals surface area contributed by atoms with Crippen molar-refractivity contribution in [2.24, 2.45) is 0 Å². The molecule has 2 amide bonds. The van der Waals surface area contributed by atoms with Crippen molar-refractivity contribution in [3.63, 3.8) is 0 Å². The Labute approximate surface area is 155 Å². The Bertz CT molecular complexity index is 714. The smallest absolute Gasteiger partial charge is 0.258 e. The molecule has 0 aromatic heterocycles. The molecule has 26 heavy (non-hydrogen) atoms. The summed E-state index contributed by atoms with van der Waals surface area (Å²) in [5, 5.41) is 5.99. The second-order valence-electron chi connectivity index (χ2n) is 6.20. The highest BCUT2D eigenvalue weighted by Gasteiger charge is 2.15. The molecule has 0 heterocycles. The van der Waals surface area contributed by atoms with Crippen LogP contribution in [0.25, 0.3) is 0 Å². The first-order valence-electron chi connectivity index (χ1n) is 9.05. The minimum absolute atomic E-state index is 0.0602. The number of hydrogen-bond donors (Lipinski definition) is 2. The number of amides is 2. The van der Waals surface area contributed by atoms with Gasteiger partial charge in [-0.1, -0.05) is 25.1 Å². The van der Waals surface area contributed by atoms with Gasteiger partial charge in [-0.3, -0.25) is 9.59 Å². The SMILES string of the molecule is CCC(C)NCC(=O)Nc1ccc(C(=O)N(CC)c2ccccc2)cc1. The van der Waals surface area contributed by atoms with E-state index in [1.807, 2.05) is 44.2 Å². The van der Waals surface area contributed by atoms with Crippen molar-refractivity contribution in [1.29, 1.82) is 0 Å². The number of nitrogens with zero attached hydrogens (tertiary/aromatic N) is 1. The van der Waals surface area contributed by atoms with Crippen LogP contribution in [0.5, 0.6) is 0 Å². The van der Waals surface area contributed by atoms with Crippen molar-refractivity contribution >= 4 is 23.2 Å². The fourth-order valence-corrected chi connectivity index (χ4v) is 2.52. The zero-order chi connectivity index (χ0) is 18.9. The molecule has 0 saturated heterocycles. The van der Waals surface area contributed by atoms with E-state index in [4.69, 9.17) is 0 Å². The fourth-order valence-electron chi connectivity index (χ4n) is 2.52. The van der Waals surface area contributed by atoms with E-state index < -0.39 is 0 Å². The molecule has 5 heteroatoms. The van der Waals surface area contributed by atoms with E-state index in [9.17, 15) is 9.59 Å². The fraction of sp³-hybridized carbons (Fsp3) is 0.333. The molecule has 5 nitrogen and oxygen atoms in total. The van der Waals surface area contributed by atoms with Crippen LogP contribution in [-0.2, 0) is 4.79 Å². The maximum atomic E-state index is 12.7. The lowest BCUT2D eigenvalue weighted by Crippen LogP contribution is -2.34. The van der Waals surface area contributed by atoms with Crippen LogP contribution in [0.15, 0.2) is 54.6 Å². The van der Waals surface area contributed by atoms with Gasteiger partial charge in [0.05, 0.1) is 6.54 Å². The van der Waals surface area contributed by atoms with Crippen LogP contribution in [-0.4, -0.2) is 30.9 Å². The maximum Gasteiger partial charge on any atom is 0.258 e. The lowest BCUT2D eigenvalue weighted by atomic mass is 10.1. The van der Waals surface area contributed by atoms with Gasteiger partial charge >= 0.3 is 0 Å². The van der Waals surface area contributed by atoms with Gasteiger partial charge in [0.15, 0.2) is 0 Å². The summed E-state index contributed by atoms with van der Waals surface area (Å²) >= 11 is 0. The average Bonchev–Trinajstić information content (AvgIpc) is 2.68. The minimum Gasteiger partial charge on any atom is -0.325 e. The second-order valence-corrected chi connectivity index (χ2v) is 6.20. The Balaban J connectivity index is 2.00. The summed E-state index contributed by atoms with van der Waals surface area (Å²) in [4.78, 5) is 26.4. The standard InChI is InChI=1S/C21H27N3O2/c1-4-16(3)22-15-20(25)23-18-13-11-17(12-14-18)21(26)24(5-2)19-9-7-6-8-10-19/h6-14,16,22H,4-5,15H2,1-3H3,(H,23,25). The van der Waals surface area contributed by atoms with E-state index in [1.165, 1.54) is 0 Å². The molecular weight excluding hydrogens is 326 g/mol. The highest BCUT2D eigenvalue weighted by Crippen LogP contribution is 2.18. The number of hydrogen-bond acceptors (Lipinski definition) is 3. The number of nitrogens with one attached hydrogen (secondary N) is 2. The third kappa shape index (κ3) is 5.43. The second kappa shape index (κ2) is 9.73. The Kier molecular flexibility index (Phi) is 7.36. The predicted octanol–water partition coefficient (Wildman–Crippen LogP) is 3.68. The molecule has 1 atom stereocenters. The number of carbonyl (C=O) groups excluding carboxylic acids is 2. The van der Waals surface area contributed by atoms with E-state index in [-0.39, 0.29) is 18.4 Å². The van der Waals surface area contributed by atoms with Crippen molar-refractivity contribution in [3.05, 3.63) is 60.2 Å². The van der Waals surface area contributed by atoms with Crippen molar-refractivity contribution < 1.29 is 9.59 Å². The van der Waals surface area contributed by atoms with Crippen LogP contribution >= 0.6 is 0 Å². The summed E-state index contributed by atoms with van der Waals surface area (Å²) in [6, 6.07) is 16.9. The summed E-state index contributed by atoms with van der Waals surface area (Å²) in [5.74, 6) is -0.154. The molecule has 0 fully saturated rings. The van der Waals surface area contributed by atoms with E-state index >= 15 is 0 Å². The molecule has 0 radical (unpaired) electrons. The quantitative estimate of drug-likeness (QED) is 0.761. The van der Waals surface area contributed by atoms with Gasteiger partial charge in [0.2, 0.25) is 5.91 Å². The van der Waals surface area contributed by atoms with Crippen LogP contribution in [0.4, 0.5) is 11.4 Å². The Morgan fingerprint density at radius 1 is 1.00 bits per heavy atom. The third-order valence-electron chi connectivity index (χ3n) is 4.27.